The average molecular weight is 652 g/mol. The molecule has 0 N–H and O–H groups in total. The van der Waals surface area contributed by atoms with Gasteiger partial charge in [-0.3, -0.25) is 9.13 Å². The molecule has 0 atom stereocenters. The summed E-state index contributed by atoms with van der Waals surface area (Å²) in [7, 11) is 0. The standard InChI is InChI=1S/C46H29N5/c1-8-22-38-30(15-1)31-16-2-9-23-39(31)49(38)44-28-14-7-21-36(44)37-29-45(50-40-24-10-3-17-32(40)33-18-4-11-25-41(33)50)48-46(47-37)51-42-26-12-5-19-34(42)35-20-6-13-27-43(35)51/h1-29H. The van der Waals surface area contributed by atoms with E-state index in [2.05, 4.69) is 190 Å². The second-order valence-electron chi connectivity index (χ2n) is 13.0. The monoisotopic (exact) mass is 651 g/mol. The zero-order valence-electron chi connectivity index (χ0n) is 27.5. The van der Waals surface area contributed by atoms with Gasteiger partial charge in [0.2, 0.25) is 5.95 Å². The van der Waals surface area contributed by atoms with Crippen molar-refractivity contribution in [3.63, 3.8) is 0 Å². The van der Waals surface area contributed by atoms with E-state index >= 15 is 0 Å². The summed E-state index contributed by atoms with van der Waals surface area (Å²) in [4.78, 5) is 10.9. The lowest BCUT2D eigenvalue weighted by Gasteiger charge is -2.16. The lowest BCUT2D eigenvalue weighted by molar-refractivity contribution is 0.951. The number of hydrogen-bond donors (Lipinski definition) is 0. The fourth-order valence-corrected chi connectivity index (χ4v) is 8.15. The summed E-state index contributed by atoms with van der Waals surface area (Å²) in [5.74, 6) is 1.44. The van der Waals surface area contributed by atoms with Crippen molar-refractivity contribution in [2.24, 2.45) is 0 Å². The van der Waals surface area contributed by atoms with Gasteiger partial charge in [0.25, 0.3) is 0 Å². The highest BCUT2D eigenvalue weighted by Gasteiger charge is 2.21. The zero-order chi connectivity index (χ0) is 33.5. The Kier molecular flexibility index (Phi) is 5.89. The number of nitrogens with zero attached hydrogens (tertiary/aromatic N) is 5. The van der Waals surface area contributed by atoms with E-state index < -0.39 is 0 Å². The predicted molar refractivity (Wildman–Crippen MR) is 210 cm³/mol. The molecule has 5 nitrogen and oxygen atoms in total. The normalized spacial score (nSPS) is 11.9. The van der Waals surface area contributed by atoms with Crippen molar-refractivity contribution >= 4 is 65.4 Å². The maximum absolute atomic E-state index is 5.47. The Bertz CT molecular complexity index is 2870. The maximum Gasteiger partial charge on any atom is 0.237 e. The number of rotatable bonds is 4. The molecule has 11 aromatic rings. The van der Waals surface area contributed by atoms with E-state index in [-0.39, 0.29) is 0 Å². The number of para-hydroxylation sites is 7. The van der Waals surface area contributed by atoms with E-state index in [0.29, 0.717) is 5.95 Å². The van der Waals surface area contributed by atoms with Gasteiger partial charge >= 0.3 is 0 Å². The van der Waals surface area contributed by atoms with Gasteiger partial charge in [-0.25, -0.2) is 4.98 Å². The summed E-state index contributed by atoms with van der Waals surface area (Å²) in [6.07, 6.45) is 0. The summed E-state index contributed by atoms with van der Waals surface area (Å²) in [5.41, 5.74) is 9.59. The van der Waals surface area contributed by atoms with Crippen LogP contribution in [0.5, 0.6) is 0 Å². The van der Waals surface area contributed by atoms with Crippen LogP contribution in [0.1, 0.15) is 0 Å². The van der Waals surface area contributed by atoms with E-state index in [1.165, 1.54) is 32.3 Å². The third kappa shape index (κ3) is 4.03. The van der Waals surface area contributed by atoms with Crippen LogP contribution in [0, 0.1) is 0 Å². The largest absolute Gasteiger partial charge is 0.309 e. The fraction of sp³-hybridized carbons (Fsp3) is 0. The molecule has 51 heavy (non-hydrogen) atoms. The van der Waals surface area contributed by atoms with Crippen LogP contribution in [-0.2, 0) is 0 Å². The van der Waals surface area contributed by atoms with E-state index in [1.54, 1.807) is 0 Å². The van der Waals surface area contributed by atoms with Crippen molar-refractivity contribution < 1.29 is 0 Å². The molecular weight excluding hydrogens is 623 g/mol. The molecule has 0 bridgehead atoms. The van der Waals surface area contributed by atoms with Crippen LogP contribution in [0.25, 0.3) is 94.1 Å². The first-order chi connectivity index (χ1) is 25.3. The van der Waals surface area contributed by atoms with Crippen LogP contribution in [0.3, 0.4) is 0 Å². The second-order valence-corrected chi connectivity index (χ2v) is 13.0. The molecule has 0 amide bonds. The first-order valence-electron chi connectivity index (χ1n) is 17.3. The van der Waals surface area contributed by atoms with Crippen molar-refractivity contribution in [1.29, 1.82) is 0 Å². The highest BCUT2D eigenvalue weighted by molar-refractivity contribution is 6.11. The Morgan fingerprint density at radius 2 is 0.667 bits per heavy atom. The van der Waals surface area contributed by atoms with Gasteiger partial charge in [0, 0.05) is 43.9 Å². The first kappa shape index (κ1) is 27.9. The molecule has 0 radical (unpaired) electrons. The van der Waals surface area contributed by atoms with Gasteiger partial charge in [0.15, 0.2) is 0 Å². The van der Waals surface area contributed by atoms with Gasteiger partial charge in [-0.05, 0) is 42.5 Å². The number of hydrogen-bond acceptors (Lipinski definition) is 2. The number of fused-ring (bicyclic) bond motifs is 9. The second kappa shape index (κ2) is 10.8. The summed E-state index contributed by atoms with van der Waals surface area (Å²) in [6, 6.07) is 62.3. The third-order valence-electron chi connectivity index (χ3n) is 10.3. The van der Waals surface area contributed by atoms with Crippen LogP contribution >= 0.6 is 0 Å². The zero-order valence-corrected chi connectivity index (χ0v) is 27.5. The quantitative estimate of drug-likeness (QED) is 0.190. The molecule has 0 spiro atoms. The summed E-state index contributed by atoms with van der Waals surface area (Å²) in [5, 5.41) is 7.18. The average Bonchev–Trinajstić information content (AvgIpc) is 3.84. The molecule has 0 aliphatic carbocycles. The molecule has 0 aliphatic rings. The number of benzene rings is 7. The Balaban J connectivity index is 1.27. The lowest BCUT2D eigenvalue weighted by atomic mass is 10.1. The van der Waals surface area contributed by atoms with E-state index in [0.717, 1.165) is 55.9 Å². The minimum absolute atomic E-state index is 0.624. The molecule has 4 heterocycles. The summed E-state index contributed by atoms with van der Waals surface area (Å²) >= 11 is 0. The maximum atomic E-state index is 5.47. The van der Waals surface area contributed by atoms with Crippen molar-refractivity contribution in [3.05, 3.63) is 176 Å². The molecule has 0 unspecified atom stereocenters. The van der Waals surface area contributed by atoms with Crippen molar-refractivity contribution in [1.82, 2.24) is 23.7 Å². The first-order valence-corrected chi connectivity index (χ1v) is 17.3. The van der Waals surface area contributed by atoms with E-state index in [9.17, 15) is 0 Å². The van der Waals surface area contributed by atoms with Gasteiger partial charge in [-0.15, -0.1) is 0 Å². The van der Waals surface area contributed by atoms with Gasteiger partial charge in [-0.1, -0.05) is 127 Å². The molecule has 0 saturated carbocycles. The molecular formula is C46H29N5. The van der Waals surface area contributed by atoms with Crippen LogP contribution in [0.4, 0.5) is 0 Å². The van der Waals surface area contributed by atoms with Crippen molar-refractivity contribution in [3.8, 4) is 28.7 Å². The van der Waals surface area contributed by atoms with E-state index in [1.807, 2.05) is 0 Å². The fourth-order valence-electron chi connectivity index (χ4n) is 8.15. The Labute approximate surface area is 292 Å². The van der Waals surface area contributed by atoms with Gasteiger partial charge in [-0.2, -0.15) is 4.98 Å². The molecule has 4 aromatic heterocycles. The van der Waals surface area contributed by atoms with Crippen molar-refractivity contribution in [2.75, 3.05) is 0 Å². The smallest absolute Gasteiger partial charge is 0.237 e. The van der Waals surface area contributed by atoms with Gasteiger partial charge < -0.3 is 4.57 Å². The third-order valence-corrected chi connectivity index (χ3v) is 10.3. The highest BCUT2D eigenvalue weighted by Crippen LogP contribution is 2.38. The Hall–Kier alpha value is -6.98. The number of aromatic nitrogens is 5. The SMILES string of the molecule is c1ccc(-n2c3ccccc3c3ccccc32)c(-c2cc(-n3c4ccccc4c4ccccc43)nc(-n3c4ccccc4c4ccccc43)n2)c1. The minimum atomic E-state index is 0.624. The Morgan fingerprint density at radius 3 is 1.12 bits per heavy atom. The molecule has 11 rings (SSSR count). The van der Waals surface area contributed by atoms with Crippen LogP contribution < -0.4 is 0 Å². The van der Waals surface area contributed by atoms with Crippen LogP contribution in [0.15, 0.2) is 176 Å². The Morgan fingerprint density at radius 1 is 0.314 bits per heavy atom. The molecule has 238 valence electrons. The predicted octanol–water partition coefficient (Wildman–Crippen LogP) is 11.4. The highest BCUT2D eigenvalue weighted by atomic mass is 15.2. The van der Waals surface area contributed by atoms with E-state index in [4.69, 9.17) is 9.97 Å². The lowest BCUT2D eigenvalue weighted by Crippen LogP contribution is -2.08. The molecule has 0 saturated heterocycles. The topological polar surface area (TPSA) is 40.6 Å². The van der Waals surface area contributed by atoms with Gasteiger partial charge in [0.05, 0.1) is 44.5 Å². The van der Waals surface area contributed by atoms with Gasteiger partial charge in [0.1, 0.15) is 5.82 Å². The minimum Gasteiger partial charge on any atom is -0.309 e. The summed E-state index contributed by atoms with van der Waals surface area (Å²) < 4.78 is 6.88. The molecule has 0 aliphatic heterocycles. The van der Waals surface area contributed by atoms with Crippen molar-refractivity contribution in [2.45, 2.75) is 0 Å². The molecule has 7 aromatic carbocycles. The van der Waals surface area contributed by atoms with Crippen LogP contribution in [-0.4, -0.2) is 23.7 Å². The molecule has 0 fully saturated rings. The molecule has 5 heteroatoms. The summed E-state index contributed by atoms with van der Waals surface area (Å²) in [6.45, 7) is 0. The van der Waals surface area contributed by atoms with Crippen LogP contribution in [0.2, 0.25) is 0 Å².